The van der Waals surface area contributed by atoms with Gasteiger partial charge in [-0.2, -0.15) is 0 Å². The van der Waals surface area contributed by atoms with E-state index in [1.165, 1.54) is 0 Å². The molecule has 2 amide bonds. The first-order valence-electron chi connectivity index (χ1n) is 9.54. The molecule has 0 unspecified atom stereocenters. The van der Waals surface area contributed by atoms with Gasteiger partial charge in [0.1, 0.15) is 0 Å². The van der Waals surface area contributed by atoms with Crippen molar-refractivity contribution in [1.29, 1.82) is 0 Å². The Morgan fingerprint density at radius 2 is 1.54 bits per heavy atom. The first kappa shape index (κ1) is 18.0. The van der Waals surface area contributed by atoms with Gasteiger partial charge >= 0.3 is 0 Å². The van der Waals surface area contributed by atoms with Gasteiger partial charge in [-0.3, -0.25) is 9.59 Å². The number of anilines is 2. The summed E-state index contributed by atoms with van der Waals surface area (Å²) in [6.07, 6.45) is 1.84. The summed E-state index contributed by atoms with van der Waals surface area (Å²) in [5.74, 6) is 0.105. The van der Waals surface area contributed by atoms with Crippen LogP contribution in [-0.2, 0) is 16.0 Å². The average molecular weight is 370 g/mol. The molecular formula is C24H22N2O2. The maximum atomic E-state index is 12.4. The molecular weight excluding hydrogens is 348 g/mol. The van der Waals surface area contributed by atoms with Crippen LogP contribution >= 0.6 is 0 Å². The lowest BCUT2D eigenvalue weighted by molar-refractivity contribution is -0.117. The molecule has 0 aromatic heterocycles. The SMILES string of the molecule is O=C(Cc1ccc(-c2ccccc2)cc1)Nc1ccc(N2CCCC2=O)cc1. The van der Waals surface area contributed by atoms with E-state index in [9.17, 15) is 9.59 Å². The van der Waals surface area contributed by atoms with Crippen molar-refractivity contribution in [3.63, 3.8) is 0 Å². The molecule has 0 spiro atoms. The summed E-state index contributed by atoms with van der Waals surface area (Å²) in [4.78, 5) is 26.0. The molecule has 140 valence electrons. The molecule has 0 atom stereocenters. The zero-order valence-electron chi connectivity index (χ0n) is 15.6. The quantitative estimate of drug-likeness (QED) is 0.710. The van der Waals surface area contributed by atoms with Crippen LogP contribution in [0, 0.1) is 0 Å². The van der Waals surface area contributed by atoms with Gasteiger partial charge in [-0.15, -0.1) is 0 Å². The lowest BCUT2D eigenvalue weighted by atomic mass is 10.0. The molecule has 4 rings (SSSR count). The Bertz CT molecular complexity index is 964. The Kier molecular flexibility index (Phi) is 5.20. The number of carbonyl (C=O) groups excluding carboxylic acids is 2. The summed E-state index contributed by atoms with van der Waals surface area (Å²) in [7, 11) is 0. The van der Waals surface area contributed by atoms with Crippen LogP contribution in [0.5, 0.6) is 0 Å². The van der Waals surface area contributed by atoms with Crippen LogP contribution in [0.3, 0.4) is 0 Å². The number of rotatable bonds is 5. The summed E-state index contributed by atoms with van der Waals surface area (Å²) >= 11 is 0. The molecule has 28 heavy (non-hydrogen) atoms. The van der Waals surface area contributed by atoms with Gasteiger partial charge in [0.15, 0.2) is 0 Å². The molecule has 3 aromatic carbocycles. The van der Waals surface area contributed by atoms with E-state index < -0.39 is 0 Å². The van der Waals surface area contributed by atoms with Crippen molar-refractivity contribution in [2.75, 3.05) is 16.8 Å². The number of hydrogen-bond donors (Lipinski definition) is 1. The van der Waals surface area contributed by atoms with Crippen LogP contribution in [0.4, 0.5) is 11.4 Å². The van der Waals surface area contributed by atoms with E-state index in [-0.39, 0.29) is 11.8 Å². The van der Waals surface area contributed by atoms with E-state index >= 15 is 0 Å². The van der Waals surface area contributed by atoms with Crippen LogP contribution in [0.1, 0.15) is 18.4 Å². The van der Waals surface area contributed by atoms with Gasteiger partial charge in [0.05, 0.1) is 6.42 Å². The second-order valence-corrected chi connectivity index (χ2v) is 6.98. The summed E-state index contributed by atoms with van der Waals surface area (Å²) in [5, 5.41) is 2.92. The fourth-order valence-electron chi connectivity index (χ4n) is 3.48. The van der Waals surface area contributed by atoms with Crippen molar-refractivity contribution < 1.29 is 9.59 Å². The van der Waals surface area contributed by atoms with Gasteiger partial charge in [0.2, 0.25) is 11.8 Å². The predicted octanol–water partition coefficient (Wildman–Crippen LogP) is 4.66. The highest BCUT2D eigenvalue weighted by atomic mass is 16.2. The zero-order chi connectivity index (χ0) is 19.3. The third-order valence-electron chi connectivity index (χ3n) is 4.96. The minimum absolute atomic E-state index is 0.0579. The largest absolute Gasteiger partial charge is 0.326 e. The Balaban J connectivity index is 1.36. The highest BCUT2D eigenvalue weighted by Crippen LogP contribution is 2.23. The van der Waals surface area contributed by atoms with E-state index in [0.717, 1.165) is 41.0 Å². The van der Waals surface area contributed by atoms with Crippen LogP contribution in [0.25, 0.3) is 11.1 Å². The van der Waals surface area contributed by atoms with Crippen LogP contribution in [-0.4, -0.2) is 18.4 Å². The molecule has 1 fully saturated rings. The molecule has 1 aliphatic rings. The standard InChI is InChI=1S/C24H22N2O2/c27-23(17-18-8-10-20(11-9-18)19-5-2-1-3-6-19)25-21-12-14-22(15-13-21)26-16-4-7-24(26)28/h1-3,5-6,8-15H,4,7,16-17H2,(H,25,27). The van der Waals surface area contributed by atoms with E-state index in [1.807, 2.05) is 66.7 Å². The topological polar surface area (TPSA) is 49.4 Å². The number of hydrogen-bond acceptors (Lipinski definition) is 2. The molecule has 0 radical (unpaired) electrons. The second kappa shape index (κ2) is 8.09. The highest BCUT2D eigenvalue weighted by Gasteiger charge is 2.21. The Labute approximate surface area is 164 Å². The van der Waals surface area contributed by atoms with Gasteiger partial charge in [-0.25, -0.2) is 0 Å². The lowest BCUT2D eigenvalue weighted by Crippen LogP contribution is -2.23. The molecule has 0 bridgehead atoms. The predicted molar refractivity (Wildman–Crippen MR) is 112 cm³/mol. The van der Waals surface area contributed by atoms with Crippen LogP contribution < -0.4 is 10.2 Å². The highest BCUT2D eigenvalue weighted by molar-refractivity contribution is 5.96. The number of nitrogens with one attached hydrogen (secondary N) is 1. The van der Waals surface area contributed by atoms with E-state index in [1.54, 1.807) is 4.90 Å². The maximum Gasteiger partial charge on any atom is 0.228 e. The first-order valence-corrected chi connectivity index (χ1v) is 9.54. The summed E-state index contributed by atoms with van der Waals surface area (Å²) in [5.41, 5.74) is 4.89. The van der Waals surface area contributed by atoms with Gasteiger partial charge in [-0.1, -0.05) is 54.6 Å². The molecule has 3 aromatic rings. The van der Waals surface area contributed by atoms with Crippen molar-refractivity contribution in [1.82, 2.24) is 0 Å². The van der Waals surface area contributed by atoms with Crippen molar-refractivity contribution in [2.24, 2.45) is 0 Å². The number of nitrogens with zero attached hydrogens (tertiary/aromatic N) is 1. The molecule has 1 heterocycles. The first-order chi connectivity index (χ1) is 13.7. The molecule has 0 aliphatic carbocycles. The fraction of sp³-hybridized carbons (Fsp3) is 0.167. The van der Waals surface area contributed by atoms with Crippen molar-refractivity contribution in [3.05, 3.63) is 84.4 Å². The fourth-order valence-corrected chi connectivity index (χ4v) is 3.48. The molecule has 0 saturated carbocycles. The summed E-state index contributed by atoms with van der Waals surface area (Å²) < 4.78 is 0. The van der Waals surface area contributed by atoms with Crippen molar-refractivity contribution >= 4 is 23.2 Å². The lowest BCUT2D eigenvalue weighted by Gasteiger charge is -2.16. The third kappa shape index (κ3) is 4.12. The van der Waals surface area contributed by atoms with Crippen molar-refractivity contribution in [3.8, 4) is 11.1 Å². The van der Waals surface area contributed by atoms with Gasteiger partial charge < -0.3 is 10.2 Å². The summed E-state index contributed by atoms with van der Waals surface area (Å²) in [6.45, 7) is 0.767. The normalized spacial score (nSPS) is 13.6. The van der Waals surface area contributed by atoms with Crippen molar-refractivity contribution in [2.45, 2.75) is 19.3 Å². The van der Waals surface area contributed by atoms with Crippen LogP contribution in [0.2, 0.25) is 0 Å². The van der Waals surface area contributed by atoms with Crippen LogP contribution in [0.15, 0.2) is 78.9 Å². The maximum absolute atomic E-state index is 12.4. The van der Waals surface area contributed by atoms with E-state index in [0.29, 0.717) is 12.8 Å². The van der Waals surface area contributed by atoms with E-state index in [2.05, 4.69) is 17.4 Å². The van der Waals surface area contributed by atoms with Gasteiger partial charge in [0, 0.05) is 24.3 Å². The van der Waals surface area contributed by atoms with Gasteiger partial charge in [0.25, 0.3) is 0 Å². The Morgan fingerprint density at radius 1 is 0.857 bits per heavy atom. The Morgan fingerprint density at radius 3 is 2.18 bits per heavy atom. The minimum atomic E-state index is -0.0579. The second-order valence-electron chi connectivity index (χ2n) is 6.98. The Hall–Kier alpha value is -3.40. The molecule has 1 saturated heterocycles. The third-order valence-corrected chi connectivity index (χ3v) is 4.96. The average Bonchev–Trinajstić information content (AvgIpc) is 3.16. The molecule has 4 heteroatoms. The van der Waals surface area contributed by atoms with E-state index in [4.69, 9.17) is 0 Å². The summed E-state index contributed by atoms with van der Waals surface area (Å²) in [6, 6.07) is 25.7. The number of benzene rings is 3. The molecule has 1 N–H and O–H groups in total. The molecule has 1 aliphatic heterocycles. The van der Waals surface area contributed by atoms with Gasteiger partial charge in [-0.05, 0) is 47.4 Å². The molecule has 4 nitrogen and oxygen atoms in total. The monoisotopic (exact) mass is 370 g/mol. The minimum Gasteiger partial charge on any atom is -0.326 e. The number of amides is 2. The number of carbonyl (C=O) groups is 2. The zero-order valence-corrected chi connectivity index (χ0v) is 15.6. The smallest absolute Gasteiger partial charge is 0.228 e.